The molecule has 4 atom stereocenters. The first-order valence-electron chi connectivity index (χ1n) is 12.0. The molecule has 0 N–H and O–H groups in total. The van der Waals surface area contributed by atoms with Crippen LogP contribution < -0.4 is 4.74 Å². The lowest BCUT2D eigenvalue weighted by molar-refractivity contribution is -0.151. The molecule has 1 fully saturated rings. The van der Waals surface area contributed by atoms with Gasteiger partial charge in [-0.1, -0.05) is 45.0 Å². The summed E-state index contributed by atoms with van der Waals surface area (Å²) in [6.45, 7) is 11.3. The van der Waals surface area contributed by atoms with Crippen molar-refractivity contribution >= 4 is 15.0 Å². The predicted octanol–water partition coefficient (Wildman–Crippen LogP) is 5.39. The molecule has 2 aromatic rings. The van der Waals surface area contributed by atoms with E-state index in [9.17, 15) is 4.79 Å². The molecule has 1 aromatic carbocycles. The first-order chi connectivity index (χ1) is 16.2. The van der Waals surface area contributed by atoms with Crippen LogP contribution in [-0.4, -0.2) is 45.9 Å². The minimum Gasteiger partial charge on any atom is -0.496 e. The molecule has 0 bridgehead atoms. The number of benzene rings is 1. The number of aromatic nitrogens is 1. The maximum atomic E-state index is 13.0. The molecule has 1 aliphatic heterocycles. The Labute approximate surface area is 205 Å². The van der Waals surface area contributed by atoms with Gasteiger partial charge in [-0.2, -0.15) is 0 Å². The standard InChI is InChI=1S/C27H38NO5Si/c1-27(2,3)14-13-22(33-34(5)6)25-23(18-31-26(25)20-11-9-15-28-17-20)32-24(29)16-19-10-7-8-12-21(19)30-4/h7-12,15,17,22-23,25-26H,13-14,16,18H2,1-6H3/t22?,23-,25+,26+/m0/s1. The molecule has 7 heteroatoms. The highest BCUT2D eigenvalue weighted by Crippen LogP contribution is 2.42. The second kappa shape index (κ2) is 12.0. The van der Waals surface area contributed by atoms with E-state index in [1.165, 1.54) is 0 Å². The van der Waals surface area contributed by atoms with E-state index in [1.807, 2.05) is 42.6 Å². The molecule has 0 spiro atoms. The quantitative estimate of drug-likeness (QED) is 0.332. The number of hydrogen-bond acceptors (Lipinski definition) is 6. The first kappa shape index (κ1) is 26.4. The van der Waals surface area contributed by atoms with Crippen molar-refractivity contribution in [3.05, 3.63) is 59.9 Å². The molecule has 1 radical (unpaired) electrons. The highest BCUT2D eigenvalue weighted by Gasteiger charge is 2.46. The molecule has 1 aromatic heterocycles. The second-order valence-electron chi connectivity index (χ2n) is 10.3. The lowest BCUT2D eigenvalue weighted by atomic mass is 9.82. The first-order valence-corrected chi connectivity index (χ1v) is 14.4. The van der Waals surface area contributed by atoms with Gasteiger partial charge in [-0.25, -0.2) is 0 Å². The third kappa shape index (κ3) is 7.39. The second-order valence-corrected chi connectivity index (χ2v) is 12.4. The zero-order valence-electron chi connectivity index (χ0n) is 21.2. The summed E-state index contributed by atoms with van der Waals surface area (Å²) in [5.74, 6) is 0.290. The molecule has 1 saturated heterocycles. The number of methoxy groups -OCH3 is 1. The van der Waals surface area contributed by atoms with E-state index in [2.05, 4.69) is 38.8 Å². The summed E-state index contributed by atoms with van der Waals surface area (Å²) in [4.78, 5) is 17.3. The van der Waals surface area contributed by atoms with Gasteiger partial charge in [0.25, 0.3) is 0 Å². The Morgan fingerprint density at radius 2 is 1.97 bits per heavy atom. The van der Waals surface area contributed by atoms with Crippen molar-refractivity contribution < 1.29 is 23.4 Å². The van der Waals surface area contributed by atoms with Gasteiger partial charge < -0.3 is 18.6 Å². The van der Waals surface area contributed by atoms with Crippen molar-refractivity contribution in [2.45, 2.75) is 71.4 Å². The number of nitrogens with zero attached hydrogens (tertiary/aromatic N) is 1. The molecule has 0 aliphatic carbocycles. The minimum absolute atomic E-state index is 0.0696. The van der Waals surface area contributed by atoms with E-state index < -0.39 is 15.1 Å². The number of hydrogen-bond donors (Lipinski definition) is 0. The van der Waals surface area contributed by atoms with Gasteiger partial charge in [-0.3, -0.25) is 9.78 Å². The van der Waals surface area contributed by atoms with Crippen LogP contribution in [0, 0.1) is 11.3 Å². The van der Waals surface area contributed by atoms with Crippen LogP contribution in [0.25, 0.3) is 0 Å². The Bertz CT molecular complexity index is 915. The van der Waals surface area contributed by atoms with Gasteiger partial charge in [0, 0.05) is 18.0 Å². The normalized spacial score (nSPS) is 21.4. The molecular formula is C27H38NO5Si. The molecule has 34 heavy (non-hydrogen) atoms. The molecule has 6 nitrogen and oxygen atoms in total. The Morgan fingerprint density at radius 3 is 2.62 bits per heavy atom. The van der Waals surface area contributed by atoms with Crippen molar-refractivity contribution in [1.29, 1.82) is 0 Å². The highest BCUT2D eigenvalue weighted by molar-refractivity contribution is 6.48. The van der Waals surface area contributed by atoms with E-state index in [0.29, 0.717) is 12.4 Å². The molecule has 2 heterocycles. The number of esters is 1. The van der Waals surface area contributed by atoms with Crippen LogP contribution in [0.1, 0.15) is 50.8 Å². The van der Waals surface area contributed by atoms with Crippen LogP contribution >= 0.6 is 0 Å². The zero-order valence-corrected chi connectivity index (χ0v) is 22.2. The molecule has 0 saturated carbocycles. The van der Waals surface area contributed by atoms with Crippen LogP contribution in [0.5, 0.6) is 5.75 Å². The number of carbonyl (C=O) groups is 1. The van der Waals surface area contributed by atoms with Crippen molar-refractivity contribution in [2.75, 3.05) is 13.7 Å². The number of para-hydroxylation sites is 1. The Balaban J connectivity index is 1.84. The SMILES string of the molecule is COc1ccccc1CC(=O)O[C@H]1CO[C@H](c2cccnc2)[C@@H]1C(CCC(C)(C)C)O[Si](C)C. The summed E-state index contributed by atoms with van der Waals surface area (Å²) in [5.41, 5.74) is 1.97. The highest BCUT2D eigenvalue weighted by atomic mass is 28.3. The number of carbonyl (C=O) groups excluding carboxylic acids is 1. The van der Waals surface area contributed by atoms with Crippen molar-refractivity contribution in [3.63, 3.8) is 0 Å². The monoisotopic (exact) mass is 484 g/mol. The van der Waals surface area contributed by atoms with Gasteiger partial charge in [0.15, 0.2) is 0 Å². The van der Waals surface area contributed by atoms with Crippen molar-refractivity contribution in [3.8, 4) is 5.75 Å². The van der Waals surface area contributed by atoms with E-state index in [1.54, 1.807) is 13.3 Å². The van der Waals surface area contributed by atoms with E-state index in [-0.39, 0.29) is 35.9 Å². The lowest BCUT2D eigenvalue weighted by Gasteiger charge is -2.34. The molecule has 0 amide bonds. The van der Waals surface area contributed by atoms with Crippen molar-refractivity contribution in [1.82, 2.24) is 4.98 Å². The average molecular weight is 485 g/mol. The maximum Gasteiger partial charge on any atom is 0.310 e. The largest absolute Gasteiger partial charge is 0.496 e. The van der Waals surface area contributed by atoms with Gasteiger partial charge in [-0.05, 0) is 49.0 Å². The third-order valence-electron chi connectivity index (χ3n) is 6.04. The van der Waals surface area contributed by atoms with Gasteiger partial charge in [-0.15, -0.1) is 0 Å². The fourth-order valence-corrected chi connectivity index (χ4v) is 5.33. The fourth-order valence-electron chi connectivity index (χ4n) is 4.45. The smallest absolute Gasteiger partial charge is 0.310 e. The van der Waals surface area contributed by atoms with Crippen molar-refractivity contribution in [2.24, 2.45) is 11.3 Å². The molecule has 3 rings (SSSR count). The Kier molecular flexibility index (Phi) is 9.28. The van der Waals surface area contributed by atoms with Crippen LogP contribution in [0.3, 0.4) is 0 Å². The van der Waals surface area contributed by atoms with Crippen LogP contribution in [0.2, 0.25) is 13.1 Å². The summed E-state index contributed by atoms with van der Waals surface area (Å²) >= 11 is 0. The lowest BCUT2D eigenvalue weighted by Crippen LogP contribution is -2.39. The summed E-state index contributed by atoms with van der Waals surface area (Å²) in [6.07, 6.45) is 4.93. The van der Waals surface area contributed by atoms with E-state index >= 15 is 0 Å². The van der Waals surface area contributed by atoms with Gasteiger partial charge in [0.05, 0.1) is 38.3 Å². The Morgan fingerprint density at radius 1 is 1.21 bits per heavy atom. The maximum absolute atomic E-state index is 13.0. The zero-order chi connectivity index (χ0) is 24.7. The summed E-state index contributed by atoms with van der Waals surface area (Å²) in [5, 5.41) is 0. The molecular weight excluding hydrogens is 446 g/mol. The summed E-state index contributed by atoms with van der Waals surface area (Å²) in [6, 6.07) is 11.5. The van der Waals surface area contributed by atoms with Crippen LogP contribution in [0.4, 0.5) is 0 Å². The number of rotatable bonds is 10. The van der Waals surface area contributed by atoms with Crippen LogP contribution in [-0.2, 0) is 25.1 Å². The number of ether oxygens (including phenoxy) is 3. The summed E-state index contributed by atoms with van der Waals surface area (Å²) in [7, 11) is 0.629. The molecule has 1 aliphatic rings. The van der Waals surface area contributed by atoms with E-state index in [0.717, 1.165) is 24.0 Å². The van der Waals surface area contributed by atoms with Crippen LogP contribution in [0.15, 0.2) is 48.8 Å². The van der Waals surface area contributed by atoms with E-state index in [4.69, 9.17) is 18.6 Å². The van der Waals surface area contributed by atoms with Gasteiger partial charge in [0.1, 0.15) is 11.9 Å². The number of pyridine rings is 1. The third-order valence-corrected chi connectivity index (χ3v) is 6.81. The molecule has 185 valence electrons. The summed E-state index contributed by atoms with van der Waals surface area (Å²) < 4.78 is 24.2. The predicted molar refractivity (Wildman–Crippen MR) is 134 cm³/mol. The average Bonchev–Trinajstić information content (AvgIpc) is 3.20. The molecule has 1 unspecified atom stereocenters. The topological polar surface area (TPSA) is 66.9 Å². The Hall–Kier alpha value is -2.22. The fraction of sp³-hybridized carbons (Fsp3) is 0.556. The van der Waals surface area contributed by atoms with Gasteiger partial charge >= 0.3 is 5.97 Å². The minimum atomic E-state index is -0.978. The van der Waals surface area contributed by atoms with Gasteiger partial charge in [0.2, 0.25) is 9.04 Å².